The van der Waals surface area contributed by atoms with Gasteiger partial charge in [-0.2, -0.15) is 0 Å². The van der Waals surface area contributed by atoms with Crippen LogP contribution in [0.25, 0.3) is 0 Å². The Bertz CT molecular complexity index is 600. The molecule has 0 radical (unpaired) electrons. The molecule has 160 valence electrons. The number of hydrogen-bond acceptors (Lipinski definition) is 2. The van der Waals surface area contributed by atoms with Crippen molar-refractivity contribution < 1.29 is 4.43 Å². The van der Waals surface area contributed by atoms with Crippen molar-refractivity contribution in [1.82, 2.24) is 5.32 Å². The maximum Gasteiger partial charge on any atom is 0.192 e. The maximum atomic E-state index is 7.00. The lowest BCUT2D eigenvalue weighted by Gasteiger charge is -2.38. The van der Waals surface area contributed by atoms with Gasteiger partial charge in [-0.05, 0) is 80.3 Å². The minimum Gasteiger partial charge on any atom is -0.409 e. The zero-order valence-corrected chi connectivity index (χ0v) is 21.0. The summed E-state index contributed by atoms with van der Waals surface area (Å²) in [7, 11) is -1.73. The van der Waals surface area contributed by atoms with Crippen molar-refractivity contribution in [3.8, 4) is 0 Å². The predicted molar refractivity (Wildman–Crippen MR) is 126 cm³/mol. The van der Waals surface area contributed by atoms with Crippen molar-refractivity contribution in [2.75, 3.05) is 6.54 Å². The predicted octanol–water partition coefficient (Wildman–Crippen LogP) is 7.58. The first kappa shape index (κ1) is 23.9. The molecule has 1 aromatic rings. The summed E-state index contributed by atoms with van der Waals surface area (Å²) >= 11 is 6.75. The van der Waals surface area contributed by atoms with E-state index in [0.717, 1.165) is 29.7 Å². The molecular formula is C24H42ClNOSi. The van der Waals surface area contributed by atoms with Crippen LogP contribution in [0.5, 0.6) is 0 Å². The highest BCUT2D eigenvalue weighted by atomic mass is 35.5. The summed E-state index contributed by atoms with van der Waals surface area (Å²) in [6, 6.07) is 8.43. The zero-order valence-electron chi connectivity index (χ0n) is 19.3. The first-order valence-corrected chi connectivity index (χ1v) is 14.2. The second-order valence-corrected chi connectivity index (χ2v) is 14.8. The molecule has 2 rings (SSSR count). The van der Waals surface area contributed by atoms with E-state index in [0.29, 0.717) is 11.5 Å². The number of rotatable bonds is 9. The van der Waals surface area contributed by atoms with Crippen LogP contribution in [0.15, 0.2) is 12.1 Å². The van der Waals surface area contributed by atoms with Gasteiger partial charge in [0.25, 0.3) is 0 Å². The molecule has 1 unspecified atom stereocenters. The number of halogens is 1. The summed E-state index contributed by atoms with van der Waals surface area (Å²) in [5.74, 6) is 0. The van der Waals surface area contributed by atoms with E-state index in [2.05, 4.69) is 65.9 Å². The molecular weight excluding hydrogens is 382 g/mol. The van der Waals surface area contributed by atoms with E-state index in [9.17, 15) is 0 Å². The molecule has 0 aliphatic heterocycles. The third kappa shape index (κ3) is 6.07. The van der Waals surface area contributed by atoms with E-state index in [1.54, 1.807) is 0 Å². The Morgan fingerprint density at radius 1 is 1.11 bits per heavy atom. The van der Waals surface area contributed by atoms with E-state index < -0.39 is 8.32 Å². The van der Waals surface area contributed by atoms with E-state index >= 15 is 0 Å². The second kappa shape index (κ2) is 10.1. The number of nitrogens with one attached hydrogen (secondary N) is 1. The zero-order chi connectivity index (χ0) is 20.9. The van der Waals surface area contributed by atoms with Crippen LogP contribution in [0.4, 0.5) is 0 Å². The Morgan fingerprint density at radius 3 is 2.18 bits per heavy atom. The molecule has 1 aliphatic carbocycles. The normalized spacial score (nSPS) is 19.0. The molecule has 1 fully saturated rings. The van der Waals surface area contributed by atoms with Crippen molar-refractivity contribution in [2.24, 2.45) is 5.41 Å². The van der Waals surface area contributed by atoms with Gasteiger partial charge in [0, 0.05) is 23.2 Å². The number of hydrogen-bond donors (Lipinski definition) is 1. The third-order valence-corrected chi connectivity index (χ3v) is 12.0. The molecule has 0 bridgehead atoms. The summed E-state index contributed by atoms with van der Waals surface area (Å²) in [4.78, 5) is 0. The third-order valence-electron chi connectivity index (χ3n) is 7.06. The SMILES string of the molecule is CC[Si](CC)(CC)OC(CNC1CCC(C)(C)CC1)c1c(C)cc(C)cc1Cl. The Kier molecular flexibility index (Phi) is 8.63. The first-order valence-electron chi connectivity index (χ1n) is 11.3. The summed E-state index contributed by atoms with van der Waals surface area (Å²) in [6.07, 6.45) is 5.18. The van der Waals surface area contributed by atoms with Crippen LogP contribution in [0, 0.1) is 19.3 Å². The van der Waals surface area contributed by atoms with Gasteiger partial charge in [0.05, 0.1) is 6.10 Å². The highest BCUT2D eigenvalue weighted by molar-refractivity contribution is 6.73. The van der Waals surface area contributed by atoms with Crippen LogP contribution < -0.4 is 5.32 Å². The molecule has 0 amide bonds. The highest BCUT2D eigenvalue weighted by Crippen LogP contribution is 2.37. The topological polar surface area (TPSA) is 21.3 Å². The lowest BCUT2D eigenvalue weighted by molar-refractivity contribution is 0.160. The lowest BCUT2D eigenvalue weighted by atomic mass is 9.75. The average molecular weight is 424 g/mol. The van der Waals surface area contributed by atoms with Gasteiger partial charge < -0.3 is 9.74 Å². The molecule has 1 N–H and O–H groups in total. The van der Waals surface area contributed by atoms with Gasteiger partial charge >= 0.3 is 0 Å². The Morgan fingerprint density at radius 2 is 1.68 bits per heavy atom. The minimum absolute atomic E-state index is 0.0505. The first-order chi connectivity index (χ1) is 13.1. The van der Waals surface area contributed by atoms with Crippen molar-refractivity contribution in [3.05, 3.63) is 33.8 Å². The quantitative estimate of drug-likeness (QED) is 0.413. The fraction of sp³-hybridized carbons (Fsp3) is 0.750. The van der Waals surface area contributed by atoms with Gasteiger partial charge in [0.15, 0.2) is 8.32 Å². The standard InChI is InChI=1S/C24H42ClNOSi/c1-8-28(9-2,10-3)27-22(23-19(5)15-18(4)16-21(23)25)17-26-20-11-13-24(6,7)14-12-20/h15-16,20,22,26H,8-14,17H2,1-7H3. The van der Waals surface area contributed by atoms with Crippen LogP contribution in [0.2, 0.25) is 23.2 Å². The van der Waals surface area contributed by atoms with Gasteiger partial charge in [-0.25, -0.2) is 0 Å². The van der Waals surface area contributed by atoms with E-state index in [-0.39, 0.29) is 6.10 Å². The molecule has 2 nitrogen and oxygen atoms in total. The van der Waals surface area contributed by atoms with E-state index in [1.807, 2.05) is 0 Å². The van der Waals surface area contributed by atoms with Crippen molar-refractivity contribution in [1.29, 1.82) is 0 Å². The van der Waals surface area contributed by atoms with Gasteiger partial charge in [-0.15, -0.1) is 0 Å². The van der Waals surface area contributed by atoms with Gasteiger partial charge in [0.1, 0.15) is 0 Å². The molecule has 4 heteroatoms. The highest BCUT2D eigenvalue weighted by Gasteiger charge is 2.34. The van der Waals surface area contributed by atoms with Gasteiger partial charge in [0.2, 0.25) is 0 Å². The molecule has 0 aromatic heterocycles. The Balaban J connectivity index is 2.22. The van der Waals surface area contributed by atoms with Crippen molar-refractivity contribution in [3.63, 3.8) is 0 Å². The molecule has 1 atom stereocenters. The van der Waals surface area contributed by atoms with E-state index in [4.69, 9.17) is 16.0 Å². The van der Waals surface area contributed by atoms with Crippen molar-refractivity contribution in [2.45, 2.75) is 104 Å². The van der Waals surface area contributed by atoms with E-state index in [1.165, 1.54) is 42.4 Å². The molecule has 1 aromatic carbocycles. The Labute approximate surface area is 179 Å². The lowest BCUT2D eigenvalue weighted by Crippen LogP contribution is -2.43. The number of benzene rings is 1. The molecule has 28 heavy (non-hydrogen) atoms. The van der Waals surface area contributed by atoms with Gasteiger partial charge in [-0.3, -0.25) is 0 Å². The second-order valence-electron chi connectivity index (χ2n) is 9.67. The number of aryl methyl sites for hydroxylation is 2. The van der Waals surface area contributed by atoms with Crippen LogP contribution >= 0.6 is 11.6 Å². The largest absolute Gasteiger partial charge is 0.409 e. The van der Waals surface area contributed by atoms with Crippen molar-refractivity contribution >= 4 is 19.9 Å². The summed E-state index contributed by atoms with van der Waals surface area (Å²) in [5.41, 5.74) is 4.17. The minimum atomic E-state index is -1.73. The summed E-state index contributed by atoms with van der Waals surface area (Å²) < 4.78 is 7.00. The maximum absolute atomic E-state index is 7.00. The summed E-state index contributed by atoms with van der Waals surface area (Å²) in [5, 5.41) is 4.72. The molecule has 0 heterocycles. The smallest absolute Gasteiger partial charge is 0.192 e. The van der Waals surface area contributed by atoms with Crippen LogP contribution in [0.1, 0.15) is 83.1 Å². The fourth-order valence-corrected chi connectivity index (χ4v) is 7.96. The fourth-order valence-electron chi connectivity index (χ4n) is 4.72. The van der Waals surface area contributed by atoms with Crippen LogP contribution in [-0.4, -0.2) is 20.9 Å². The molecule has 1 aliphatic rings. The monoisotopic (exact) mass is 423 g/mol. The molecule has 0 saturated heterocycles. The average Bonchev–Trinajstić information content (AvgIpc) is 2.64. The van der Waals surface area contributed by atoms with Crippen LogP contribution in [0.3, 0.4) is 0 Å². The molecule has 1 saturated carbocycles. The van der Waals surface area contributed by atoms with Gasteiger partial charge in [-0.1, -0.05) is 52.3 Å². The Hall–Kier alpha value is -0.353. The molecule has 0 spiro atoms. The summed E-state index contributed by atoms with van der Waals surface area (Å²) in [6.45, 7) is 16.9. The van der Waals surface area contributed by atoms with Crippen LogP contribution in [-0.2, 0) is 4.43 Å².